The van der Waals surface area contributed by atoms with Gasteiger partial charge in [0, 0.05) is 6.20 Å². The minimum atomic E-state index is -4.51. The lowest BCUT2D eigenvalue weighted by atomic mass is 10.3. The Morgan fingerprint density at radius 2 is 1.84 bits per heavy atom. The van der Waals surface area contributed by atoms with Gasteiger partial charge in [-0.1, -0.05) is 11.6 Å². The molecule has 2 heterocycles. The van der Waals surface area contributed by atoms with Crippen molar-refractivity contribution in [1.29, 1.82) is 0 Å². The molecule has 0 saturated heterocycles. The van der Waals surface area contributed by atoms with E-state index in [0.29, 0.717) is 0 Å². The van der Waals surface area contributed by atoms with Crippen molar-refractivity contribution < 1.29 is 17.6 Å². The molecule has 0 spiro atoms. The van der Waals surface area contributed by atoms with Gasteiger partial charge in [-0.3, -0.25) is 0 Å². The minimum absolute atomic E-state index is 0.119. The van der Waals surface area contributed by atoms with Gasteiger partial charge in [0.1, 0.15) is 5.69 Å². The number of hydrogen-bond acceptors (Lipinski definition) is 3. The third-order valence-electron chi connectivity index (χ3n) is 2.12. The van der Waals surface area contributed by atoms with Crippen LogP contribution >= 0.6 is 11.6 Å². The number of alkyl halides is 3. The number of hydrogen-bond donors (Lipinski definition) is 1. The van der Waals surface area contributed by atoms with Crippen molar-refractivity contribution in [2.24, 2.45) is 0 Å². The molecule has 0 atom stereocenters. The van der Waals surface area contributed by atoms with Gasteiger partial charge < -0.3 is 5.32 Å². The van der Waals surface area contributed by atoms with E-state index in [1.165, 1.54) is 6.20 Å². The Morgan fingerprint density at radius 1 is 1.11 bits per heavy atom. The van der Waals surface area contributed by atoms with E-state index in [0.717, 1.165) is 24.4 Å². The average Bonchev–Trinajstić information content (AvgIpc) is 2.32. The molecule has 8 heteroatoms. The first-order valence-corrected chi connectivity index (χ1v) is 5.35. The molecule has 3 nitrogen and oxygen atoms in total. The van der Waals surface area contributed by atoms with E-state index in [9.17, 15) is 17.6 Å². The van der Waals surface area contributed by atoms with Crippen LogP contribution in [0.4, 0.5) is 29.1 Å². The quantitative estimate of drug-likeness (QED) is 0.849. The van der Waals surface area contributed by atoms with Crippen LogP contribution in [0.2, 0.25) is 5.02 Å². The maximum absolute atomic E-state index is 13.4. The van der Waals surface area contributed by atoms with E-state index in [1.807, 2.05) is 0 Å². The highest BCUT2D eigenvalue weighted by Crippen LogP contribution is 2.28. The first kappa shape index (κ1) is 13.5. The van der Waals surface area contributed by atoms with Gasteiger partial charge in [0.05, 0.1) is 16.9 Å². The van der Waals surface area contributed by atoms with Crippen LogP contribution < -0.4 is 5.32 Å². The fraction of sp³-hybridized carbons (Fsp3) is 0.0909. The first-order chi connectivity index (χ1) is 8.86. The maximum Gasteiger partial charge on any atom is 0.433 e. The van der Waals surface area contributed by atoms with Gasteiger partial charge >= 0.3 is 6.18 Å². The molecule has 0 amide bonds. The highest BCUT2D eigenvalue weighted by Gasteiger charge is 2.32. The van der Waals surface area contributed by atoms with Gasteiger partial charge in [0.25, 0.3) is 0 Å². The van der Waals surface area contributed by atoms with Gasteiger partial charge in [-0.05, 0) is 18.2 Å². The van der Waals surface area contributed by atoms with Crippen molar-refractivity contribution in [3.05, 3.63) is 47.1 Å². The molecule has 0 aliphatic carbocycles. The molecule has 1 N–H and O–H groups in total. The molecule has 2 aromatic rings. The second-order valence-electron chi connectivity index (χ2n) is 3.54. The van der Waals surface area contributed by atoms with E-state index in [-0.39, 0.29) is 16.5 Å². The highest BCUT2D eigenvalue weighted by atomic mass is 35.5. The minimum Gasteiger partial charge on any atom is -0.337 e. The lowest BCUT2D eigenvalue weighted by Gasteiger charge is -2.08. The summed E-state index contributed by atoms with van der Waals surface area (Å²) >= 11 is 5.52. The summed E-state index contributed by atoms with van der Waals surface area (Å²) in [5.74, 6) is -0.863. The Hall–Kier alpha value is -1.89. The van der Waals surface area contributed by atoms with Crippen LogP contribution in [0, 0.1) is 5.82 Å². The maximum atomic E-state index is 13.4. The number of nitrogens with one attached hydrogen (secondary N) is 1. The van der Waals surface area contributed by atoms with E-state index in [2.05, 4.69) is 15.3 Å². The molecule has 0 aliphatic heterocycles. The molecular weight excluding hydrogens is 286 g/mol. The van der Waals surface area contributed by atoms with Crippen LogP contribution in [0.3, 0.4) is 0 Å². The Kier molecular flexibility index (Phi) is 3.57. The fourth-order valence-electron chi connectivity index (χ4n) is 1.28. The summed E-state index contributed by atoms with van der Waals surface area (Å²) in [6.07, 6.45) is -2.36. The molecule has 19 heavy (non-hydrogen) atoms. The van der Waals surface area contributed by atoms with Crippen LogP contribution in [-0.4, -0.2) is 9.97 Å². The predicted molar refractivity (Wildman–Crippen MR) is 61.7 cm³/mol. The zero-order valence-corrected chi connectivity index (χ0v) is 9.93. The highest BCUT2D eigenvalue weighted by molar-refractivity contribution is 6.30. The SMILES string of the molecule is Fc1cc(Cl)cnc1Nc1ccc(C(F)(F)F)nc1. The summed E-state index contributed by atoms with van der Waals surface area (Å²) in [6.45, 7) is 0. The first-order valence-electron chi connectivity index (χ1n) is 4.97. The van der Waals surface area contributed by atoms with Crippen LogP contribution in [0.1, 0.15) is 5.69 Å². The zero-order chi connectivity index (χ0) is 14.0. The topological polar surface area (TPSA) is 37.8 Å². The van der Waals surface area contributed by atoms with Gasteiger partial charge in [-0.25, -0.2) is 14.4 Å². The Morgan fingerprint density at radius 3 is 2.37 bits per heavy atom. The Bertz CT molecular complexity index is 583. The fourth-order valence-corrected chi connectivity index (χ4v) is 1.42. The third kappa shape index (κ3) is 3.31. The second kappa shape index (κ2) is 5.00. The number of halogens is 5. The van der Waals surface area contributed by atoms with Crippen molar-refractivity contribution in [1.82, 2.24) is 9.97 Å². The Labute approximate surface area is 110 Å². The standard InChI is InChI=1S/C11H6ClF4N3/c12-6-3-8(13)10(18-4-6)19-7-1-2-9(17-5-7)11(14,15)16/h1-5H,(H,18,19). The van der Waals surface area contributed by atoms with Crippen molar-refractivity contribution in [2.45, 2.75) is 6.18 Å². The lowest BCUT2D eigenvalue weighted by Crippen LogP contribution is -2.07. The number of nitrogens with zero attached hydrogens (tertiary/aromatic N) is 2. The summed E-state index contributed by atoms with van der Waals surface area (Å²) in [5, 5.41) is 2.62. The van der Waals surface area contributed by atoms with Gasteiger partial charge in [-0.2, -0.15) is 13.2 Å². The average molecular weight is 292 g/mol. The van der Waals surface area contributed by atoms with Gasteiger partial charge in [0.15, 0.2) is 11.6 Å². The van der Waals surface area contributed by atoms with Gasteiger partial charge in [-0.15, -0.1) is 0 Å². The molecule has 0 aromatic carbocycles. The van der Waals surface area contributed by atoms with E-state index >= 15 is 0 Å². The summed E-state index contributed by atoms with van der Waals surface area (Å²) in [5.41, 5.74) is -0.843. The molecule has 100 valence electrons. The summed E-state index contributed by atoms with van der Waals surface area (Å²) in [7, 11) is 0. The number of rotatable bonds is 2. The van der Waals surface area contributed by atoms with Crippen LogP contribution in [-0.2, 0) is 6.18 Å². The van der Waals surface area contributed by atoms with E-state index in [4.69, 9.17) is 11.6 Å². The number of aromatic nitrogens is 2. The summed E-state index contributed by atoms with van der Waals surface area (Å²) in [4.78, 5) is 6.91. The van der Waals surface area contributed by atoms with Crippen LogP contribution in [0.5, 0.6) is 0 Å². The van der Waals surface area contributed by atoms with Crippen molar-refractivity contribution >= 4 is 23.1 Å². The molecule has 0 saturated carbocycles. The number of pyridine rings is 2. The van der Waals surface area contributed by atoms with E-state index < -0.39 is 17.7 Å². The summed E-state index contributed by atoms with van der Waals surface area (Å²) < 4.78 is 50.3. The van der Waals surface area contributed by atoms with E-state index in [1.54, 1.807) is 0 Å². The van der Waals surface area contributed by atoms with Crippen molar-refractivity contribution in [2.75, 3.05) is 5.32 Å². The summed E-state index contributed by atoms with van der Waals surface area (Å²) in [6, 6.07) is 2.95. The van der Waals surface area contributed by atoms with Crippen molar-refractivity contribution in [3.8, 4) is 0 Å². The molecular formula is C11H6ClF4N3. The zero-order valence-electron chi connectivity index (χ0n) is 9.17. The second-order valence-corrected chi connectivity index (χ2v) is 3.98. The Balaban J connectivity index is 2.20. The smallest absolute Gasteiger partial charge is 0.337 e. The molecule has 2 aromatic heterocycles. The predicted octanol–water partition coefficient (Wildman–Crippen LogP) is 4.03. The molecule has 0 unspecified atom stereocenters. The normalized spacial score (nSPS) is 11.4. The van der Waals surface area contributed by atoms with Gasteiger partial charge in [0.2, 0.25) is 0 Å². The molecule has 2 rings (SSSR count). The molecule has 0 aliphatic rings. The third-order valence-corrected chi connectivity index (χ3v) is 2.33. The monoisotopic (exact) mass is 291 g/mol. The molecule has 0 fully saturated rings. The molecule has 0 radical (unpaired) electrons. The lowest BCUT2D eigenvalue weighted by molar-refractivity contribution is -0.141. The van der Waals surface area contributed by atoms with Crippen molar-refractivity contribution in [3.63, 3.8) is 0 Å². The number of anilines is 2. The molecule has 0 bridgehead atoms. The van der Waals surface area contributed by atoms with Crippen LogP contribution in [0.25, 0.3) is 0 Å². The largest absolute Gasteiger partial charge is 0.433 e. The van der Waals surface area contributed by atoms with Crippen LogP contribution in [0.15, 0.2) is 30.6 Å².